The molecule has 0 aromatic carbocycles. The van der Waals surface area contributed by atoms with Crippen LogP contribution < -0.4 is 4.90 Å². The zero-order valence-corrected chi connectivity index (χ0v) is 12.3. The molecule has 3 atom stereocenters. The Morgan fingerprint density at radius 2 is 2.00 bits per heavy atom. The van der Waals surface area contributed by atoms with Gasteiger partial charge in [0.1, 0.15) is 6.23 Å². The summed E-state index contributed by atoms with van der Waals surface area (Å²) in [6.07, 6.45) is -2.61. The summed E-state index contributed by atoms with van der Waals surface area (Å²) >= 11 is 5.61. The van der Waals surface area contributed by atoms with Crippen LogP contribution in [0, 0.1) is 0 Å². The summed E-state index contributed by atoms with van der Waals surface area (Å²) < 4.78 is 26.9. The predicted molar refractivity (Wildman–Crippen MR) is 69.4 cm³/mol. The SMILES string of the molecule is CON1C(C)C(O)N(c2cc(C(C)(F)F)c(Cl)nn2)C1O. The Kier molecular flexibility index (Phi) is 4.31. The molecule has 3 unspecified atom stereocenters. The second kappa shape index (κ2) is 5.58. The number of hydrogen-bond acceptors (Lipinski definition) is 7. The van der Waals surface area contributed by atoms with Gasteiger partial charge < -0.3 is 10.2 Å². The van der Waals surface area contributed by atoms with Gasteiger partial charge in [-0.2, -0.15) is 0 Å². The lowest BCUT2D eigenvalue weighted by molar-refractivity contribution is -0.218. The van der Waals surface area contributed by atoms with Gasteiger partial charge in [0.25, 0.3) is 5.92 Å². The Labute approximate surface area is 124 Å². The number of nitrogens with zero attached hydrogens (tertiary/aromatic N) is 4. The summed E-state index contributed by atoms with van der Waals surface area (Å²) in [4.78, 5) is 5.95. The Morgan fingerprint density at radius 1 is 1.38 bits per heavy atom. The van der Waals surface area contributed by atoms with Gasteiger partial charge in [-0.05, 0) is 13.0 Å². The maximum atomic E-state index is 13.5. The molecule has 0 amide bonds. The van der Waals surface area contributed by atoms with E-state index in [1.54, 1.807) is 6.92 Å². The zero-order valence-electron chi connectivity index (χ0n) is 11.5. The van der Waals surface area contributed by atoms with Crippen LogP contribution in [0.3, 0.4) is 0 Å². The molecule has 2 N–H and O–H groups in total. The van der Waals surface area contributed by atoms with E-state index < -0.39 is 35.3 Å². The highest BCUT2D eigenvalue weighted by Gasteiger charge is 2.45. The fourth-order valence-electron chi connectivity index (χ4n) is 2.15. The Bertz CT molecular complexity index is 531. The van der Waals surface area contributed by atoms with E-state index in [-0.39, 0.29) is 5.82 Å². The first-order valence-corrected chi connectivity index (χ1v) is 6.44. The molecule has 0 saturated carbocycles. The highest BCUT2D eigenvalue weighted by Crippen LogP contribution is 2.35. The molecule has 2 rings (SSSR count). The Hall–Kier alpha value is -1.13. The molecule has 118 valence electrons. The lowest BCUT2D eigenvalue weighted by atomic mass is 10.2. The third-order valence-corrected chi connectivity index (χ3v) is 3.56. The minimum Gasteiger partial charge on any atom is -0.372 e. The average Bonchev–Trinajstić information content (AvgIpc) is 2.60. The quantitative estimate of drug-likeness (QED) is 0.855. The number of aromatic nitrogens is 2. The smallest absolute Gasteiger partial charge is 0.273 e. The van der Waals surface area contributed by atoms with Gasteiger partial charge in [-0.15, -0.1) is 15.3 Å². The van der Waals surface area contributed by atoms with E-state index in [0.29, 0.717) is 6.92 Å². The summed E-state index contributed by atoms with van der Waals surface area (Å²) in [6.45, 7) is 2.26. The Balaban J connectivity index is 2.43. The first-order chi connectivity index (χ1) is 9.68. The van der Waals surface area contributed by atoms with E-state index in [0.717, 1.165) is 16.0 Å². The topological polar surface area (TPSA) is 82.0 Å². The molecule has 1 aliphatic rings. The minimum atomic E-state index is -3.23. The van der Waals surface area contributed by atoms with Crippen LogP contribution in [-0.2, 0) is 10.8 Å². The monoisotopic (exact) mass is 324 g/mol. The van der Waals surface area contributed by atoms with Crippen LogP contribution in [0.25, 0.3) is 0 Å². The number of aliphatic hydroxyl groups excluding tert-OH is 2. The fraction of sp³-hybridized carbons (Fsp3) is 0.636. The largest absolute Gasteiger partial charge is 0.372 e. The number of halogens is 3. The van der Waals surface area contributed by atoms with E-state index in [1.807, 2.05) is 0 Å². The normalized spacial score (nSPS) is 27.4. The molecule has 2 heterocycles. The van der Waals surface area contributed by atoms with Crippen LogP contribution >= 0.6 is 11.6 Å². The maximum Gasteiger partial charge on any atom is 0.273 e. The number of alkyl halides is 2. The second-order valence-electron chi connectivity index (χ2n) is 4.75. The van der Waals surface area contributed by atoms with E-state index in [4.69, 9.17) is 16.4 Å². The molecular formula is C11H15ClF2N4O3. The van der Waals surface area contributed by atoms with Crippen molar-refractivity contribution in [1.29, 1.82) is 0 Å². The number of rotatable bonds is 3. The third-order valence-electron chi connectivity index (χ3n) is 3.28. The third kappa shape index (κ3) is 2.79. The molecule has 1 aromatic rings. The second-order valence-corrected chi connectivity index (χ2v) is 5.10. The van der Waals surface area contributed by atoms with Crippen molar-refractivity contribution in [3.63, 3.8) is 0 Å². The van der Waals surface area contributed by atoms with Crippen molar-refractivity contribution < 1.29 is 23.8 Å². The van der Waals surface area contributed by atoms with Crippen molar-refractivity contribution in [2.24, 2.45) is 0 Å². The first-order valence-electron chi connectivity index (χ1n) is 6.07. The highest BCUT2D eigenvalue weighted by atomic mass is 35.5. The van der Waals surface area contributed by atoms with Crippen LogP contribution in [0.5, 0.6) is 0 Å². The van der Waals surface area contributed by atoms with Gasteiger partial charge in [0.05, 0.1) is 18.7 Å². The van der Waals surface area contributed by atoms with Gasteiger partial charge in [0.15, 0.2) is 11.0 Å². The number of anilines is 1. The minimum absolute atomic E-state index is 0.137. The Morgan fingerprint density at radius 3 is 2.48 bits per heavy atom. The van der Waals surface area contributed by atoms with Gasteiger partial charge in [0, 0.05) is 6.92 Å². The standard InChI is InChI=1S/C11H15ClF2N4O3/c1-5-9(19)17(10(20)18(5)21-3)7-4-6(11(2,13)14)8(12)16-15-7/h4-5,9-10,19-20H,1-3H3. The number of hydrogen-bond donors (Lipinski definition) is 2. The molecular weight excluding hydrogens is 310 g/mol. The lowest BCUT2D eigenvalue weighted by Crippen LogP contribution is -2.41. The van der Waals surface area contributed by atoms with Gasteiger partial charge in [0.2, 0.25) is 6.35 Å². The fourth-order valence-corrected chi connectivity index (χ4v) is 2.41. The molecule has 1 aliphatic heterocycles. The van der Waals surface area contributed by atoms with Crippen LogP contribution in [0.1, 0.15) is 19.4 Å². The predicted octanol–water partition coefficient (Wildman–Crippen LogP) is 0.908. The van der Waals surface area contributed by atoms with E-state index >= 15 is 0 Å². The molecule has 1 aromatic heterocycles. The van der Waals surface area contributed by atoms with Crippen LogP contribution in [-0.4, -0.2) is 51.2 Å². The molecule has 10 heteroatoms. The van der Waals surface area contributed by atoms with Crippen molar-refractivity contribution in [2.75, 3.05) is 12.0 Å². The molecule has 0 spiro atoms. The molecule has 0 aliphatic carbocycles. The zero-order chi connectivity index (χ0) is 15.9. The van der Waals surface area contributed by atoms with E-state index in [9.17, 15) is 19.0 Å². The van der Waals surface area contributed by atoms with Crippen LogP contribution in [0.4, 0.5) is 14.6 Å². The van der Waals surface area contributed by atoms with Crippen LogP contribution in [0.15, 0.2) is 6.07 Å². The van der Waals surface area contributed by atoms with Crippen molar-refractivity contribution in [1.82, 2.24) is 15.3 Å². The van der Waals surface area contributed by atoms with E-state index in [2.05, 4.69) is 10.2 Å². The molecule has 1 fully saturated rings. The van der Waals surface area contributed by atoms with Crippen molar-refractivity contribution in [3.05, 3.63) is 16.8 Å². The summed E-state index contributed by atoms with van der Waals surface area (Å²) in [6, 6.07) is 0.376. The average molecular weight is 325 g/mol. The van der Waals surface area contributed by atoms with Crippen LogP contribution in [0.2, 0.25) is 5.15 Å². The first kappa shape index (κ1) is 16.2. The number of aliphatic hydroxyl groups is 2. The lowest BCUT2D eigenvalue weighted by Gasteiger charge is -2.26. The molecule has 0 radical (unpaired) electrons. The van der Waals surface area contributed by atoms with E-state index in [1.165, 1.54) is 7.11 Å². The van der Waals surface area contributed by atoms with Gasteiger partial charge >= 0.3 is 0 Å². The molecule has 21 heavy (non-hydrogen) atoms. The molecule has 1 saturated heterocycles. The van der Waals surface area contributed by atoms with Crippen molar-refractivity contribution in [3.8, 4) is 0 Å². The van der Waals surface area contributed by atoms with Gasteiger partial charge in [-0.3, -0.25) is 9.74 Å². The summed E-state index contributed by atoms with van der Waals surface area (Å²) in [5, 5.41) is 27.9. The number of hydroxylamine groups is 2. The van der Waals surface area contributed by atoms with Gasteiger partial charge in [-0.1, -0.05) is 11.6 Å². The van der Waals surface area contributed by atoms with Gasteiger partial charge in [-0.25, -0.2) is 8.78 Å². The molecule has 0 bridgehead atoms. The summed E-state index contributed by atoms with van der Waals surface area (Å²) in [7, 11) is 1.31. The molecule has 7 nitrogen and oxygen atoms in total. The maximum absolute atomic E-state index is 13.5. The van der Waals surface area contributed by atoms with Crippen molar-refractivity contribution in [2.45, 2.75) is 38.4 Å². The highest BCUT2D eigenvalue weighted by molar-refractivity contribution is 6.30. The van der Waals surface area contributed by atoms with Crippen molar-refractivity contribution >= 4 is 17.4 Å². The summed E-state index contributed by atoms with van der Waals surface area (Å²) in [5.41, 5.74) is -0.544. The summed E-state index contributed by atoms with van der Waals surface area (Å²) in [5.74, 6) is -3.37.